The number of hydrogen-bond acceptors (Lipinski definition) is 5. The van der Waals surface area contributed by atoms with Crippen LogP contribution in [0.3, 0.4) is 0 Å². The number of benzene rings is 1. The van der Waals surface area contributed by atoms with Gasteiger partial charge in [0.2, 0.25) is 5.91 Å². The average molecular weight is 393 g/mol. The summed E-state index contributed by atoms with van der Waals surface area (Å²) in [5.41, 5.74) is 10.1. The van der Waals surface area contributed by atoms with Crippen LogP contribution in [0, 0.1) is 0 Å². The van der Waals surface area contributed by atoms with E-state index < -0.39 is 0 Å². The van der Waals surface area contributed by atoms with Gasteiger partial charge in [-0.3, -0.25) is 9.78 Å². The number of rotatable bonds is 3. The molecule has 1 fully saturated rings. The summed E-state index contributed by atoms with van der Waals surface area (Å²) in [6.45, 7) is 1.22. The third-order valence-corrected chi connectivity index (χ3v) is 5.42. The highest BCUT2D eigenvalue weighted by Gasteiger charge is 2.22. The van der Waals surface area contributed by atoms with Gasteiger partial charge in [0.15, 0.2) is 5.82 Å². The lowest BCUT2D eigenvalue weighted by Gasteiger charge is -2.12. The van der Waals surface area contributed by atoms with Crippen LogP contribution in [0.25, 0.3) is 33.1 Å². The minimum Gasteiger partial charge on any atom is -0.382 e. The average Bonchev–Trinajstić information content (AvgIpc) is 3.29. The van der Waals surface area contributed by atoms with Gasteiger partial charge in [-0.25, -0.2) is 9.97 Å². The molecule has 3 aromatic heterocycles. The summed E-state index contributed by atoms with van der Waals surface area (Å²) in [7, 11) is 0. The Morgan fingerprint density at radius 1 is 1.25 bits per heavy atom. The first-order chi connectivity index (χ1) is 13.6. The summed E-state index contributed by atoms with van der Waals surface area (Å²) in [5, 5.41) is 1.54. The van der Waals surface area contributed by atoms with E-state index in [0.717, 1.165) is 40.5 Å². The van der Waals surface area contributed by atoms with Crippen LogP contribution in [0.1, 0.15) is 18.7 Å². The molecule has 140 valence electrons. The van der Waals surface area contributed by atoms with Crippen molar-refractivity contribution in [1.82, 2.24) is 24.8 Å². The van der Waals surface area contributed by atoms with E-state index in [-0.39, 0.29) is 5.91 Å². The predicted molar refractivity (Wildman–Crippen MR) is 109 cm³/mol. The highest BCUT2D eigenvalue weighted by molar-refractivity contribution is 6.33. The number of halogens is 1. The number of nitrogens with zero attached hydrogens (tertiary/aromatic N) is 4. The van der Waals surface area contributed by atoms with Crippen molar-refractivity contribution < 1.29 is 4.79 Å². The van der Waals surface area contributed by atoms with Gasteiger partial charge >= 0.3 is 0 Å². The zero-order valence-electron chi connectivity index (χ0n) is 14.9. The molecular formula is C20H17ClN6O. The Balaban J connectivity index is 1.61. The monoisotopic (exact) mass is 392 g/mol. The maximum Gasteiger partial charge on any atom is 0.223 e. The first-order valence-corrected chi connectivity index (χ1v) is 9.43. The highest BCUT2D eigenvalue weighted by Crippen LogP contribution is 2.32. The first kappa shape index (κ1) is 16.9. The molecule has 0 aliphatic carbocycles. The number of nitrogens with one attached hydrogen (secondary N) is 1. The smallest absolute Gasteiger partial charge is 0.223 e. The van der Waals surface area contributed by atoms with E-state index in [1.165, 1.54) is 0 Å². The molecule has 1 aliphatic heterocycles. The topological polar surface area (TPSA) is 101 Å². The van der Waals surface area contributed by atoms with Crippen molar-refractivity contribution >= 4 is 45.3 Å². The lowest BCUT2D eigenvalue weighted by atomic mass is 10.0. The van der Waals surface area contributed by atoms with Gasteiger partial charge < -0.3 is 15.6 Å². The van der Waals surface area contributed by atoms with Crippen molar-refractivity contribution in [2.24, 2.45) is 0 Å². The second-order valence-electron chi connectivity index (χ2n) is 6.91. The second kappa shape index (κ2) is 6.45. The standard InChI is InChI=1S/C20H17ClN6O/c21-14-5-6-23-9-13(14)11-3-4-12-15(8-11)24-20(22)19-18(12)25-16(26-19)10-27-7-1-2-17(27)28/h3-6,8-9H,1-2,7,10H2,(H2,22,24)(H,25,26). The third-order valence-electron chi connectivity index (χ3n) is 5.09. The van der Waals surface area contributed by atoms with Gasteiger partial charge in [-0.2, -0.15) is 0 Å². The molecule has 0 spiro atoms. The Morgan fingerprint density at radius 3 is 2.93 bits per heavy atom. The molecule has 1 aliphatic rings. The number of nitrogen functional groups attached to an aromatic ring is 1. The number of fused-ring (bicyclic) bond motifs is 3. The maximum atomic E-state index is 11.9. The number of amides is 1. The molecule has 4 heterocycles. The lowest BCUT2D eigenvalue weighted by Crippen LogP contribution is -2.24. The Labute approximate surface area is 165 Å². The van der Waals surface area contributed by atoms with E-state index in [4.69, 9.17) is 17.3 Å². The molecule has 0 bridgehead atoms. The van der Waals surface area contributed by atoms with E-state index in [1.54, 1.807) is 18.5 Å². The van der Waals surface area contributed by atoms with Gasteiger partial charge in [0.05, 0.1) is 22.6 Å². The number of carbonyl (C=O) groups is 1. The van der Waals surface area contributed by atoms with Gasteiger partial charge in [0, 0.05) is 36.3 Å². The number of aromatic amines is 1. The van der Waals surface area contributed by atoms with Gasteiger partial charge in [0.1, 0.15) is 11.3 Å². The number of likely N-dealkylation sites (tertiary alicyclic amines) is 1. The van der Waals surface area contributed by atoms with Crippen molar-refractivity contribution in [3.63, 3.8) is 0 Å². The molecule has 1 aromatic carbocycles. The Bertz CT molecular complexity index is 1230. The van der Waals surface area contributed by atoms with Crippen molar-refractivity contribution in [2.45, 2.75) is 19.4 Å². The molecule has 1 saturated heterocycles. The van der Waals surface area contributed by atoms with Crippen molar-refractivity contribution in [1.29, 1.82) is 0 Å². The van der Waals surface area contributed by atoms with Crippen molar-refractivity contribution in [3.05, 3.63) is 47.5 Å². The van der Waals surface area contributed by atoms with E-state index in [1.807, 2.05) is 23.1 Å². The normalized spacial score (nSPS) is 14.5. The Morgan fingerprint density at radius 2 is 2.14 bits per heavy atom. The highest BCUT2D eigenvalue weighted by atomic mass is 35.5. The number of anilines is 1. The summed E-state index contributed by atoms with van der Waals surface area (Å²) in [6, 6.07) is 7.66. The number of H-pyrrole nitrogens is 1. The fraction of sp³-hybridized carbons (Fsp3) is 0.200. The van der Waals surface area contributed by atoms with Crippen LogP contribution < -0.4 is 5.73 Å². The van der Waals surface area contributed by atoms with E-state index in [2.05, 4.69) is 19.9 Å². The molecular weight excluding hydrogens is 376 g/mol. The van der Waals surface area contributed by atoms with Crippen LogP contribution in [0.5, 0.6) is 0 Å². The van der Waals surface area contributed by atoms with E-state index >= 15 is 0 Å². The Hall–Kier alpha value is -3.19. The molecule has 7 nitrogen and oxygen atoms in total. The number of pyridine rings is 2. The molecule has 0 radical (unpaired) electrons. The summed E-state index contributed by atoms with van der Waals surface area (Å²) >= 11 is 6.30. The number of hydrogen-bond donors (Lipinski definition) is 2. The lowest BCUT2D eigenvalue weighted by molar-refractivity contribution is -0.128. The maximum absolute atomic E-state index is 11.9. The summed E-state index contributed by atoms with van der Waals surface area (Å²) in [6.07, 6.45) is 4.88. The molecule has 0 atom stereocenters. The van der Waals surface area contributed by atoms with Gasteiger partial charge in [0.25, 0.3) is 0 Å². The number of aromatic nitrogens is 4. The number of carbonyl (C=O) groups excluding carboxylic acids is 1. The van der Waals surface area contributed by atoms with Crippen molar-refractivity contribution in [3.8, 4) is 11.1 Å². The summed E-state index contributed by atoms with van der Waals surface area (Å²) < 4.78 is 0. The number of imidazole rings is 1. The zero-order chi connectivity index (χ0) is 19.3. The largest absolute Gasteiger partial charge is 0.382 e. The Kier molecular flexibility index (Phi) is 3.91. The van der Waals surface area contributed by atoms with E-state index in [0.29, 0.717) is 35.1 Å². The molecule has 0 saturated carbocycles. The minimum atomic E-state index is 0.161. The molecule has 1 amide bonds. The molecule has 0 unspecified atom stereocenters. The predicted octanol–water partition coefficient (Wildman–Crippen LogP) is 3.53. The SMILES string of the molecule is Nc1nc2cc(-c3cnccc3Cl)ccc2c2[nH]c(CN3CCCC3=O)nc12. The van der Waals surface area contributed by atoms with Crippen LogP contribution in [0.4, 0.5) is 5.82 Å². The molecule has 5 rings (SSSR count). The summed E-state index contributed by atoms with van der Waals surface area (Å²) in [4.78, 5) is 30.3. The fourth-order valence-electron chi connectivity index (χ4n) is 3.71. The van der Waals surface area contributed by atoms with Crippen LogP contribution >= 0.6 is 11.6 Å². The van der Waals surface area contributed by atoms with Gasteiger partial charge in [-0.1, -0.05) is 23.7 Å². The fourth-order valence-corrected chi connectivity index (χ4v) is 3.92. The molecule has 28 heavy (non-hydrogen) atoms. The van der Waals surface area contributed by atoms with Crippen LogP contribution in [0.15, 0.2) is 36.7 Å². The van der Waals surface area contributed by atoms with Crippen LogP contribution in [0.2, 0.25) is 5.02 Å². The summed E-state index contributed by atoms with van der Waals surface area (Å²) in [5.74, 6) is 1.23. The second-order valence-corrected chi connectivity index (χ2v) is 7.32. The van der Waals surface area contributed by atoms with Gasteiger partial charge in [-0.15, -0.1) is 0 Å². The van der Waals surface area contributed by atoms with Crippen molar-refractivity contribution in [2.75, 3.05) is 12.3 Å². The number of nitrogens with two attached hydrogens (primary N) is 1. The van der Waals surface area contributed by atoms with Crippen LogP contribution in [-0.2, 0) is 11.3 Å². The van der Waals surface area contributed by atoms with Gasteiger partial charge in [-0.05, 0) is 24.1 Å². The third kappa shape index (κ3) is 2.75. The van der Waals surface area contributed by atoms with E-state index in [9.17, 15) is 4.79 Å². The zero-order valence-corrected chi connectivity index (χ0v) is 15.7. The first-order valence-electron chi connectivity index (χ1n) is 9.05. The quantitative estimate of drug-likeness (QED) is 0.555. The van der Waals surface area contributed by atoms with Crippen LogP contribution in [-0.4, -0.2) is 37.3 Å². The molecule has 8 heteroatoms. The minimum absolute atomic E-state index is 0.161. The molecule has 4 aromatic rings. The molecule has 3 N–H and O–H groups in total.